The second-order valence-electron chi connectivity index (χ2n) is 6.29. The van der Waals surface area contributed by atoms with Crippen molar-refractivity contribution in [2.45, 2.75) is 40.7 Å². The monoisotopic (exact) mass is 325 g/mol. The third-order valence-corrected chi connectivity index (χ3v) is 4.03. The molecular weight excluding hydrogens is 306 g/mol. The van der Waals surface area contributed by atoms with Crippen molar-refractivity contribution in [3.8, 4) is 0 Å². The minimum absolute atomic E-state index is 0.194. The minimum atomic E-state index is -0.489. The van der Waals surface area contributed by atoms with Crippen LogP contribution in [0.1, 0.15) is 41.0 Å². The number of hydrogen-bond acceptors (Lipinski definition) is 5. The lowest BCUT2D eigenvalue weighted by atomic mass is 10.0. The van der Waals surface area contributed by atoms with Gasteiger partial charge in [0.25, 0.3) is 0 Å². The van der Waals surface area contributed by atoms with Gasteiger partial charge < -0.3 is 9.15 Å². The Bertz CT molecular complexity index is 1030. The largest absolute Gasteiger partial charge is 0.459 e. The summed E-state index contributed by atoms with van der Waals surface area (Å²) >= 11 is 0. The van der Waals surface area contributed by atoms with Gasteiger partial charge in [-0.25, -0.2) is 9.78 Å². The van der Waals surface area contributed by atoms with Crippen LogP contribution in [0.5, 0.6) is 0 Å². The van der Waals surface area contributed by atoms with Gasteiger partial charge in [0.05, 0.1) is 28.1 Å². The van der Waals surface area contributed by atoms with Gasteiger partial charge in [-0.1, -0.05) is 0 Å². The molecule has 0 spiro atoms. The molecule has 0 fully saturated rings. The zero-order valence-corrected chi connectivity index (χ0v) is 14.4. The van der Waals surface area contributed by atoms with Crippen LogP contribution in [0.3, 0.4) is 0 Å². The van der Waals surface area contributed by atoms with Crippen molar-refractivity contribution in [1.82, 2.24) is 4.98 Å². The molecule has 1 aromatic carbocycles. The number of ether oxygens (including phenoxy) is 1. The first kappa shape index (κ1) is 16.2. The third kappa shape index (κ3) is 2.66. The summed E-state index contributed by atoms with van der Waals surface area (Å²) in [6.45, 7) is 9.14. The van der Waals surface area contributed by atoms with E-state index in [0.29, 0.717) is 16.7 Å². The van der Waals surface area contributed by atoms with Crippen LogP contribution in [0.25, 0.3) is 22.1 Å². The molecule has 0 bridgehead atoms. The summed E-state index contributed by atoms with van der Waals surface area (Å²) in [5, 5.41) is 0.770. The fourth-order valence-corrected chi connectivity index (χ4v) is 2.61. The molecule has 0 atom stereocenters. The normalized spacial score (nSPS) is 11.4. The van der Waals surface area contributed by atoms with Gasteiger partial charge in [-0.3, -0.25) is 4.79 Å². The predicted octanol–water partition coefficient (Wildman–Crippen LogP) is 3.83. The Morgan fingerprint density at radius 3 is 2.42 bits per heavy atom. The molecule has 24 heavy (non-hydrogen) atoms. The average Bonchev–Trinajstić information content (AvgIpc) is 2.48. The van der Waals surface area contributed by atoms with Crippen LogP contribution in [0.15, 0.2) is 27.4 Å². The fraction of sp³-hybridized carbons (Fsp3) is 0.316. The SMILES string of the molecule is Cc1cc2oc3nc(C)c(C(=O)OC(C)C)cc3c(=O)c2cc1C. The highest BCUT2D eigenvalue weighted by Gasteiger charge is 2.18. The number of fused-ring (bicyclic) bond motifs is 2. The lowest BCUT2D eigenvalue weighted by Crippen LogP contribution is -2.15. The van der Waals surface area contributed by atoms with E-state index in [1.165, 1.54) is 6.07 Å². The van der Waals surface area contributed by atoms with Crippen molar-refractivity contribution >= 4 is 28.0 Å². The minimum Gasteiger partial charge on any atom is -0.459 e. The van der Waals surface area contributed by atoms with Crippen molar-refractivity contribution in [2.75, 3.05) is 0 Å². The number of carbonyl (C=O) groups is 1. The number of esters is 1. The Morgan fingerprint density at radius 1 is 1.08 bits per heavy atom. The third-order valence-electron chi connectivity index (χ3n) is 4.03. The van der Waals surface area contributed by atoms with Gasteiger partial charge in [0.15, 0.2) is 0 Å². The van der Waals surface area contributed by atoms with E-state index in [2.05, 4.69) is 4.98 Å². The summed E-state index contributed by atoms with van der Waals surface area (Å²) in [7, 11) is 0. The fourth-order valence-electron chi connectivity index (χ4n) is 2.61. The summed E-state index contributed by atoms with van der Waals surface area (Å²) in [6.07, 6.45) is -0.244. The van der Waals surface area contributed by atoms with E-state index in [-0.39, 0.29) is 28.2 Å². The molecule has 0 aliphatic rings. The maximum absolute atomic E-state index is 12.8. The number of nitrogens with zero attached hydrogens (tertiary/aromatic N) is 1. The smallest absolute Gasteiger partial charge is 0.340 e. The number of pyridine rings is 1. The number of benzene rings is 1. The molecule has 0 aliphatic carbocycles. The van der Waals surface area contributed by atoms with Crippen molar-refractivity contribution in [3.63, 3.8) is 0 Å². The molecule has 5 nitrogen and oxygen atoms in total. The molecule has 0 aliphatic heterocycles. The van der Waals surface area contributed by atoms with Crippen molar-refractivity contribution in [2.24, 2.45) is 0 Å². The maximum Gasteiger partial charge on any atom is 0.340 e. The number of aryl methyl sites for hydroxylation is 3. The lowest BCUT2D eigenvalue weighted by Gasteiger charge is -2.10. The van der Waals surface area contributed by atoms with Crippen LogP contribution in [0.4, 0.5) is 0 Å². The number of aromatic nitrogens is 1. The van der Waals surface area contributed by atoms with Gasteiger partial charge in [0.1, 0.15) is 5.58 Å². The van der Waals surface area contributed by atoms with E-state index in [1.54, 1.807) is 20.8 Å². The first-order chi connectivity index (χ1) is 11.3. The van der Waals surface area contributed by atoms with E-state index in [1.807, 2.05) is 26.0 Å². The molecule has 5 heteroatoms. The van der Waals surface area contributed by atoms with Crippen molar-refractivity contribution in [1.29, 1.82) is 0 Å². The highest BCUT2D eigenvalue weighted by molar-refractivity contribution is 5.96. The second kappa shape index (κ2) is 5.74. The Morgan fingerprint density at radius 2 is 1.75 bits per heavy atom. The highest BCUT2D eigenvalue weighted by atomic mass is 16.5. The van der Waals surface area contributed by atoms with E-state index >= 15 is 0 Å². The summed E-state index contributed by atoms with van der Waals surface area (Å²) in [6, 6.07) is 5.16. The molecule has 0 saturated heterocycles. The molecule has 0 radical (unpaired) electrons. The summed E-state index contributed by atoms with van der Waals surface area (Å²) in [5.74, 6) is -0.489. The number of rotatable bonds is 2. The quantitative estimate of drug-likeness (QED) is 0.529. The van der Waals surface area contributed by atoms with Gasteiger partial charge in [-0.15, -0.1) is 0 Å². The predicted molar refractivity (Wildman–Crippen MR) is 92.5 cm³/mol. The first-order valence-electron chi connectivity index (χ1n) is 7.84. The molecule has 3 aromatic rings. The molecule has 0 saturated carbocycles. The zero-order valence-electron chi connectivity index (χ0n) is 14.4. The Kier molecular flexibility index (Phi) is 3.87. The summed E-state index contributed by atoms with van der Waals surface area (Å²) in [4.78, 5) is 29.3. The molecule has 0 unspecified atom stereocenters. The molecule has 3 rings (SSSR count). The van der Waals surface area contributed by atoms with Crippen molar-refractivity contribution in [3.05, 3.63) is 50.8 Å². The second-order valence-corrected chi connectivity index (χ2v) is 6.29. The summed E-state index contributed by atoms with van der Waals surface area (Å²) in [5.41, 5.74) is 3.34. The standard InChI is InChI=1S/C19H19NO4/c1-9(2)23-19(22)13-8-15-17(21)14-6-10(3)11(4)7-16(14)24-18(15)20-12(13)5/h6-9H,1-5H3. The van der Waals surface area contributed by atoms with Crippen LogP contribution in [-0.2, 0) is 4.74 Å². The van der Waals surface area contributed by atoms with Gasteiger partial charge in [0, 0.05) is 0 Å². The van der Waals surface area contributed by atoms with Crippen LogP contribution >= 0.6 is 0 Å². The zero-order chi connectivity index (χ0) is 17.6. The molecule has 0 amide bonds. The Balaban J connectivity index is 2.31. The van der Waals surface area contributed by atoms with Gasteiger partial charge in [-0.05, 0) is 63.9 Å². The van der Waals surface area contributed by atoms with Crippen LogP contribution < -0.4 is 5.43 Å². The van der Waals surface area contributed by atoms with E-state index in [0.717, 1.165) is 11.1 Å². The molecule has 2 aromatic heterocycles. The number of carbonyl (C=O) groups excluding carboxylic acids is 1. The first-order valence-corrected chi connectivity index (χ1v) is 7.84. The molecule has 0 N–H and O–H groups in total. The van der Waals surface area contributed by atoms with Gasteiger partial charge >= 0.3 is 5.97 Å². The lowest BCUT2D eigenvalue weighted by molar-refractivity contribution is 0.0376. The summed E-state index contributed by atoms with van der Waals surface area (Å²) < 4.78 is 11.0. The van der Waals surface area contributed by atoms with Crippen LogP contribution in [0.2, 0.25) is 0 Å². The average molecular weight is 325 g/mol. The molecule has 2 heterocycles. The van der Waals surface area contributed by atoms with E-state index in [4.69, 9.17) is 9.15 Å². The Hall–Kier alpha value is -2.69. The van der Waals surface area contributed by atoms with Crippen LogP contribution in [-0.4, -0.2) is 17.1 Å². The van der Waals surface area contributed by atoms with Crippen LogP contribution in [0, 0.1) is 20.8 Å². The highest BCUT2D eigenvalue weighted by Crippen LogP contribution is 2.22. The Labute approximate surface area is 139 Å². The number of hydrogen-bond donors (Lipinski definition) is 0. The maximum atomic E-state index is 12.8. The molecule has 124 valence electrons. The molecular formula is C19H19NO4. The topological polar surface area (TPSA) is 69.4 Å². The van der Waals surface area contributed by atoms with Gasteiger partial charge in [0.2, 0.25) is 11.1 Å². The van der Waals surface area contributed by atoms with Crippen molar-refractivity contribution < 1.29 is 13.9 Å². The van der Waals surface area contributed by atoms with Gasteiger partial charge in [-0.2, -0.15) is 0 Å². The van der Waals surface area contributed by atoms with E-state index in [9.17, 15) is 9.59 Å². The van der Waals surface area contributed by atoms with E-state index < -0.39 is 5.97 Å².